The zero-order chi connectivity index (χ0) is 16.5. The van der Waals surface area contributed by atoms with Crippen LogP contribution in [0.3, 0.4) is 0 Å². The summed E-state index contributed by atoms with van der Waals surface area (Å²) in [5.74, 6) is 0.501. The number of fused-ring (bicyclic) bond motifs is 1. The Kier molecular flexibility index (Phi) is 3.72. The molecule has 24 heavy (non-hydrogen) atoms. The molecular weight excluding hydrogens is 304 g/mol. The number of ketones is 1. The number of anilines is 1. The number of hydrogen-bond donors (Lipinski definition) is 0. The monoisotopic (exact) mass is 322 g/mol. The smallest absolute Gasteiger partial charge is 0.230 e. The lowest BCUT2D eigenvalue weighted by Crippen LogP contribution is -2.50. The van der Waals surface area contributed by atoms with Gasteiger partial charge >= 0.3 is 0 Å². The topological polar surface area (TPSA) is 66.4 Å². The van der Waals surface area contributed by atoms with Gasteiger partial charge in [-0.3, -0.25) is 9.59 Å². The second kappa shape index (κ2) is 6.03. The quantitative estimate of drug-likeness (QED) is 0.838. The zero-order valence-electron chi connectivity index (χ0n) is 13.3. The van der Waals surface area contributed by atoms with Crippen molar-refractivity contribution in [2.24, 2.45) is 0 Å². The van der Waals surface area contributed by atoms with E-state index in [0.717, 1.165) is 5.56 Å². The van der Waals surface area contributed by atoms with Crippen molar-refractivity contribution in [3.63, 3.8) is 0 Å². The number of aromatic nitrogens is 2. The average Bonchev–Trinajstić information content (AvgIpc) is 2.99. The van der Waals surface area contributed by atoms with Crippen LogP contribution in [-0.4, -0.2) is 52.7 Å². The van der Waals surface area contributed by atoms with Gasteiger partial charge in [-0.1, -0.05) is 24.3 Å². The second-order valence-corrected chi connectivity index (χ2v) is 6.13. The first-order chi connectivity index (χ1) is 11.7. The molecule has 0 spiro atoms. The second-order valence-electron chi connectivity index (χ2n) is 6.13. The summed E-state index contributed by atoms with van der Waals surface area (Å²) in [5.41, 5.74) is 1.58. The van der Waals surface area contributed by atoms with Crippen LogP contribution in [0.4, 0.5) is 5.95 Å². The van der Waals surface area contributed by atoms with Crippen molar-refractivity contribution in [3.05, 3.63) is 53.9 Å². The third-order valence-corrected chi connectivity index (χ3v) is 4.75. The predicted molar refractivity (Wildman–Crippen MR) is 89.0 cm³/mol. The summed E-state index contributed by atoms with van der Waals surface area (Å²) in [6.07, 6.45) is 3.74. The molecule has 1 unspecified atom stereocenters. The van der Waals surface area contributed by atoms with Crippen molar-refractivity contribution in [1.29, 1.82) is 0 Å². The molecule has 2 aliphatic rings. The maximum atomic E-state index is 12.9. The summed E-state index contributed by atoms with van der Waals surface area (Å²) in [5, 5.41) is 0. The highest BCUT2D eigenvalue weighted by molar-refractivity contribution is 6.06. The van der Waals surface area contributed by atoms with E-state index in [1.165, 1.54) is 0 Å². The molecule has 122 valence electrons. The minimum Gasteiger partial charge on any atom is -0.339 e. The summed E-state index contributed by atoms with van der Waals surface area (Å²) in [6, 6.07) is 9.24. The molecule has 1 fully saturated rings. The highest BCUT2D eigenvalue weighted by Gasteiger charge is 2.37. The lowest BCUT2D eigenvalue weighted by molar-refractivity contribution is -0.133. The van der Waals surface area contributed by atoms with E-state index in [-0.39, 0.29) is 17.6 Å². The minimum absolute atomic E-state index is 0.0573. The van der Waals surface area contributed by atoms with E-state index in [4.69, 9.17) is 0 Å². The van der Waals surface area contributed by atoms with Gasteiger partial charge in [0.25, 0.3) is 0 Å². The van der Waals surface area contributed by atoms with Crippen molar-refractivity contribution in [3.8, 4) is 0 Å². The third-order valence-electron chi connectivity index (χ3n) is 4.75. The number of rotatable bonds is 2. The SMILES string of the molecule is O=C1CC(C(=O)N2CCN(c3ncccn3)CC2)c2ccccc21. The van der Waals surface area contributed by atoms with Crippen molar-refractivity contribution < 1.29 is 9.59 Å². The molecule has 1 aliphatic heterocycles. The van der Waals surface area contributed by atoms with E-state index < -0.39 is 0 Å². The van der Waals surface area contributed by atoms with E-state index in [1.807, 2.05) is 29.2 Å². The van der Waals surface area contributed by atoms with Crippen LogP contribution in [0.15, 0.2) is 42.7 Å². The Hall–Kier alpha value is -2.76. The van der Waals surface area contributed by atoms with Gasteiger partial charge in [0.15, 0.2) is 5.78 Å². The Balaban J connectivity index is 1.45. The third kappa shape index (κ3) is 2.54. The predicted octanol–water partition coefficient (Wildman–Crippen LogP) is 1.50. The van der Waals surface area contributed by atoms with Crippen LogP contribution in [0.25, 0.3) is 0 Å². The van der Waals surface area contributed by atoms with E-state index in [0.29, 0.717) is 44.1 Å². The van der Waals surface area contributed by atoms with E-state index >= 15 is 0 Å². The molecule has 1 atom stereocenters. The van der Waals surface area contributed by atoms with Gasteiger partial charge in [-0.2, -0.15) is 0 Å². The van der Waals surface area contributed by atoms with E-state index in [1.54, 1.807) is 18.5 Å². The summed E-state index contributed by atoms with van der Waals surface area (Å²) < 4.78 is 0. The minimum atomic E-state index is -0.326. The first-order valence-electron chi connectivity index (χ1n) is 8.17. The van der Waals surface area contributed by atoms with Crippen molar-refractivity contribution >= 4 is 17.6 Å². The fraction of sp³-hybridized carbons (Fsp3) is 0.333. The number of benzene rings is 1. The van der Waals surface area contributed by atoms with E-state index in [9.17, 15) is 9.59 Å². The highest BCUT2D eigenvalue weighted by Crippen LogP contribution is 2.34. The van der Waals surface area contributed by atoms with Gasteiger partial charge in [-0.15, -0.1) is 0 Å². The summed E-state index contributed by atoms with van der Waals surface area (Å²) in [6.45, 7) is 2.67. The molecule has 1 aliphatic carbocycles. The molecule has 1 aromatic carbocycles. The number of carbonyl (C=O) groups is 2. The first-order valence-corrected chi connectivity index (χ1v) is 8.17. The molecule has 2 heterocycles. The van der Waals surface area contributed by atoms with Gasteiger partial charge in [0, 0.05) is 50.6 Å². The summed E-state index contributed by atoms with van der Waals surface area (Å²) in [4.78, 5) is 37.4. The van der Waals surface area contributed by atoms with Crippen LogP contribution >= 0.6 is 0 Å². The molecule has 4 rings (SSSR count). The van der Waals surface area contributed by atoms with Crippen molar-refractivity contribution in [1.82, 2.24) is 14.9 Å². The lowest BCUT2D eigenvalue weighted by atomic mass is 9.99. The number of carbonyl (C=O) groups excluding carboxylic acids is 2. The van der Waals surface area contributed by atoms with Crippen molar-refractivity contribution in [2.75, 3.05) is 31.1 Å². The van der Waals surface area contributed by atoms with Gasteiger partial charge in [-0.05, 0) is 11.6 Å². The molecule has 0 radical (unpaired) electrons. The normalized spacial score (nSPS) is 20.2. The Morgan fingerprint density at radius 3 is 2.46 bits per heavy atom. The first kappa shape index (κ1) is 14.8. The molecule has 0 bridgehead atoms. The lowest BCUT2D eigenvalue weighted by Gasteiger charge is -2.35. The van der Waals surface area contributed by atoms with Gasteiger partial charge in [0.05, 0.1) is 5.92 Å². The number of amides is 1. The maximum Gasteiger partial charge on any atom is 0.230 e. The number of hydrogen-bond acceptors (Lipinski definition) is 5. The molecule has 0 N–H and O–H groups in total. The fourth-order valence-electron chi connectivity index (χ4n) is 3.48. The summed E-state index contributed by atoms with van der Waals surface area (Å²) in [7, 11) is 0. The molecule has 1 saturated heterocycles. The Morgan fingerprint density at radius 1 is 1.00 bits per heavy atom. The molecule has 1 aromatic heterocycles. The van der Waals surface area contributed by atoms with Gasteiger partial charge in [-0.25, -0.2) is 9.97 Å². The van der Waals surface area contributed by atoms with Crippen LogP contribution in [0.2, 0.25) is 0 Å². The molecule has 6 nitrogen and oxygen atoms in total. The largest absolute Gasteiger partial charge is 0.339 e. The molecule has 1 amide bonds. The number of nitrogens with zero attached hydrogens (tertiary/aromatic N) is 4. The average molecular weight is 322 g/mol. The van der Waals surface area contributed by atoms with Crippen LogP contribution in [0.1, 0.15) is 28.3 Å². The number of Topliss-reactive ketones (excluding diaryl/α,β-unsaturated/α-hetero) is 1. The molecule has 0 saturated carbocycles. The maximum absolute atomic E-state index is 12.9. The van der Waals surface area contributed by atoms with Gasteiger partial charge in [0.2, 0.25) is 11.9 Å². The zero-order valence-corrected chi connectivity index (χ0v) is 13.3. The Bertz CT molecular complexity index is 770. The van der Waals surface area contributed by atoms with Crippen LogP contribution < -0.4 is 4.90 Å². The highest BCUT2D eigenvalue weighted by atomic mass is 16.2. The Labute approximate surface area is 140 Å². The molecule has 6 heteroatoms. The van der Waals surface area contributed by atoms with E-state index in [2.05, 4.69) is 14.9 Å². The van der Waals surface area contributed by atoms with Crippen LogP contribution in [0.5, 0.6) is 0 Å². The fourth-order valence-corrected chi connectivity index (χ4v) is 3.48. The van der Waals surface area contributed by atoms with Gasteiger partial charge < -0.3 is 9.80 Å². The Morgan fingerprint density at radius 2 is 1.71 bits per heavy atom. The van der Waals surface area contributed by atoms with Crippen molar-refractivity contribution in [2.45, 2.75) is 12.3 Å². The molecule has 2 aromatic rings. The summed E-state index contributed by atoms with van der Waals surface area (Å²) >= 11 is 0. The molecular formula is C18H18N4O2. The van der Waals surface area contributed by atoms with Gasteiger partial charge in [0.1, 0.15) is 0 Å². The standard InChI is InChI=1S/C18H18N4O2/c23-16-12-15(13-4-1-2-5-14(13)16)17(24)21-8-10-22(11-9-21)18-19-6-3-7-20-18/h1-7,15H,8-12H2. The number of piperazine rings is 1. The van der Waals surface area contributed by atoms with Crippen LogP contribution in [-0.2, 0) is 4.79 Å². The van der Waals surface area contributed by atoms with Crippen LogP contribution in [0, 0.1) is 0 Å².